The molecule has 0 atom stereocenters. The van der Waals surface area contributed by atoms with E-state index in [0.29, 0.717) is 23.9 Å². The molecule has 0 unspecified atom stereocenters. The standard InChI is InChI=1S/C16H15ClN4O/c17-14-9-5-4-6-12(14)11-21-16(22)19-15(20-21)10-18-13-7-2-1-3-8-13/h1-9,18H,10-11H2,(H,19,20,22). The number of halogens is 1. The van der Waals surface area contributed by atoms with E-state index >= 15 is 0 Å². The zero-order valence-electron chi connectivity index (χ0n) is 11.8. The first-order chi connectivity index (χ1) is 10.7. The van der Waals surface area contributed by atoms with Gasteiger partial charge in [0.05, 0.1) is 13.1 Å². The summed E-state index contributed by atoms with van der Waals surface area (Å²) in [5, 5.41) is 8.12. The number of hydrogen-bond acceptors (Lipinski definition) is 3. The number of nitrogens with one attached hydrogen (secondary N) is 2. The SMILES string of the molecule is O=c1[nH]c(CNc2ccccc2)nn1Cc1ccccc1Cl. The Labute approximate surface area is 132 Å². The molecule has 0 saturated heterocycles. The minimum absolute atomic E-state index is 0.246. The summed E-state index contributed by atoms with van der Waals surface area (Å²) in [6, 6.07) is 17.2. The van der Waals surface area contributed by atoms with Crippen molar-refractivity contribution in [2.45, 2.75) is 13.1 Å². The predicted molar refractivity (Wildman–Crippen MR) is 87.2 cm³/mol. The van der Waals surface area contributed by atoms with Gasteiger partial charge in [-0.3, -0.25) is 4.98 Å². The smallest absolute Gasteiger partial charge is 0.343 e. The van der Waals surface area contributed by atoms with Crippen LogP contribution in [0.25, 0.3) is 0 Å². The van der Waals surface area contributed by atoms with E-state index in [4.69, 9.17) is 11.6 Å². The van der Waals surface area contributed by atoms with Crippen LogP contribution in [0, 0.1) is 0 Å². The van der Waals surface area contributed by atoms with Crippen molar-refractivity contribution in [3.8, 4) is 0 Å². The Morgan fingerprint density at radius 3 is 2.59 bits per heavy atom. The first-order valence-electron chi connectivity index (χ1n) is 6.91. The van der Waals surface area contributed by atoms with E-state index in [1.807, 2.05) is 48.5 Å². The Kier molecular flexibility index (Phi) is 4.25. The molecule has 0 aliphatic carbocycles. The monoisotopic (exact) mass is 314 g/mol. The highest BCUT2D eigenvalue weighted by Crippen LogP contribution is 2.15. The van der Waals surface area contributed by atoms with Crippen LogP contribution in [-0.2, 0) is 13.1 Å². The second-order valence-electron chi connectivity index (χ2n) is 4.85. The summed E-state index contributed by atoms with van der Waals surface area (Å²) in [7, 11) is 0. The van der Waals surface area contributed by atoms with E-state index in [1.165, 1.54) is 4.68 Å². The first kappa shape index (κ1) is 14.4. The van der Waals surface area contributed by atoms with E-state index in [9.17, 15) is 4.79 Å². The fraction of sp³-hybridized carbons (Fsp3) is 0.125. The van der Waals surface area contributed by atoms with Crippen molar-refractivity contribution in [3.63, 3.8) is 0 Å². The minimum atomic E-state index is -0.246. The van der Waals surface area contributed by atoms with Crippen LogP contribution in [0.2, 0.25) is 5.02 Å². The highest BCUT2D eigenvalue weighted by Gasteiger charge is 2.07. The molecule has 3 rings (SSSR count). The van der Waals surface area contributed by atoms with Crippen molar-refractivity contribution in [2.24, 2.45) is 0 Å². The Balaban J connectivity index is 1.71. The largest absolute Gasteiger partial charge is 0.378 e. The summed E-state index contributed by atoms with van der Waals surface area (Å²) in [6.07, 6.45) is 0. The van der Waals surface area contributed by atoms with E-state index in [-0.39, 0.29) is 5.69 Å². The molecule has 2 N–H and O–H groups in total. The fourth-order valence-electron chi connectivity index (χ4n) is 2.12. The van der Waals surface area contributed by atoms with Gasteiger partial charge in [0.2, 0.25) is 0 Å². The molecule has 2 aromatic carbocycles. The fourth-order valence-corrected chi connectivity index (χ4v) is 2.32. The molecule has 0 fully saturated rings. The second kappa shape index (κ2) is 6.49. The van der Waals surface area contributed by atoms with Crippen molar-refractivity contribution in [2.75, 3.05) is 5.32 Å². The van der Waals surface area contributed by atoms with E-state index in [1.54, 1.807) is 6.07 Å². The van der Waals surface area contributed by atoms with E-state index in [2.05, 4.69) is 15.4 Å². The van der Waals surface area contributed by atoms with Crippen molar-refractivity contribution in [3.05, 3.63) is 81.5 Å². The van der Waals surface area contributed by atoms with Gasteiger partial charge in [-0.05, 0) is 23.8 Å². The van der Waals surface area contributed by atoms with Gasteiger partial charge in [-0.2, -0.15) is 5.10 Å². The maximum absolute atomic E-state index is 11.9. The number of H-pyrrole nitrogens is 1. The number of rotatable bonds is 5. The molecule has 0 spiro atoms. The molecule has 1 aromatic heterocycles. The quantitative estimate of drug-likeness (QED) is 0.761. The lowest BCUT2D eigenvalue weighted by Crippen LogP contribution is -2.18. The van der Waals surface area contributed by atoms with Gasteiger partial charge in [0.25, 0.3) is 0 Å². The average Bonchev–Trinajstić information content (AvgIpc) is 2.89. The lowest BCUT2D eigenvalue weighted by atomic mass is 10.2. The molecule has 5 nitrogen and oxygen atoms in total. The summed E-state index contributed by atoms with van der Waals surface area (Å²) in [5.74, 6) is 0.584. The Bertz CT molecular complexity index is 810. The predicted octanol–water partition coefficient (Wildman–Crippen LogP) is 2.89. The van der Waals surface area contributed by atoms with Gasteiger partial charge in [0.1, 0.15) is 5.82 Å². The van der Waals surface area contributed by atoms with E-state index in [0.717, 1.165) is 11.3 Å². The molecule has 22 heavy (non-hydrogen) atoms. The Hall–Kier alpha value is -2.53. The third-order valence-corrected chi connectivity index (χ3v) is 3.61. The van der Waals surface area contributed by atoms with Crippen LogP contribution in [-0.4, -0.2) is 14.8 Å². The van der Waals surface area contributed by atoms with Gasteiger partial charge in [-0.15, -0.1) is 0 Å². The van der Waals surface area contributed by atoms with Gasteiger partial charge in [0, 0.05) is 10.7 Å². The van der Waals surface area contributed by atoms with Crippen molar-refractivity contribution >= 4 is 17.3 Å². The maximum Gasteiger partial charge on any atom is 0.343 e. The zero-order chi connectivity index (χ0) is 15.4. The van der Waals surface area contributed by atoms with Crippen molar-refractivity contribution in [1.82, 2.24) is 14.8 Å². The minimum Gasteiger partial charge on any atom is -0.378 e. The van der Waals surface area contributed by atoms with Crippen LogP contribution >= 0.6 is 11.6 Å². The Morgan fingerprint density at radius 2 is 1.82 bits per heavy atom. The number of anilines is 1. The van der Waals surface area contributed by atoms with Crippen LogP contribution in [0.3, 0.4) is 0 Å². The Morgan fingerprint density at radius 1 is 1.09 bits per heavy atom. The molecule has 0 aliphatic heterocycles. The second-order valence-corrected chi connectivity index (χ2v) is 5.25. The molecular weight excluding hydrogens is 300 g/mol. The molecule has 112 valence electrons. The molecule has 3 aromatic rings. The third-order valence-electron chi connectivity index (χ3n) is 3.24. The van der Waals surface area contributed by atoms with Crippen LogP contribution in [0.4, 0.5) is 5.69 Å². The third kappa shape index (κ3) is 3.38. The summed E-state index contributed by atoms with van der Waals surface area (Å²) in [4.78, 5) is 14.7. The van der Waals surface area contributed by atoms with Gasteiger partial charge in [-0.25, -0.2) is 9.48 Å². The molecule has 0 amide bonds. The number of benzene rings is 2. The summed E-state index contributed by atoms with van der Waals surface area (Å²) < 4.78 is 1.38. The first-order valence-corrected chi connectivity index (χ1v) is 7.28. The number of aromatic nitrogens is 3. The summed E-state index contributed by atoms with van der Waals surface area (Å²) in [5.41, 5.74) is 1.59. The van der Waals surface area contributed by atoms with Crippen molar-refractivity contribution < 1.29 is 0 Å². The zero-order valence-corrected chi connectivity index (χ0v) is 12.5. The van der Waals surface area contributed by atoms with Crippen LogP contribution in [0.1, 0.15) is 11.4 Å². The number of para-hydroxylation sites is 1. The van der Waals surface area contributed by atoms with Gasteiger partial charge in [-0.1, -0.05) is 48.0 Å². The topological polar surface area (TPSA) is 62.7 Å². The highest BCUT2D eigenvalue weighted by molar-refractivity contribution is 6.31. The molecule has 0 radical (unpaired) electrons. The molecule has 1 heterocycles. The molecule has 0 aliphatic rings. The van der Waals surface area contributed by atoms with Gasteiger partial charge < -0.3 is 5.32 Å². The number of nitrogens with zero attached hydrogens (tertiary/aromatic N) is 2. The van der Waals surface area contributed by atoms with Gasteiger partial charge >= 0.3 is 5.69 Å². The normalized spacial score (nSPS) is 10.6. The number of hydrogen-bond donors (Lipinski definition) is 2. The lowest BCUT2D eigenvalue weighted by molar-refractivity contribution is 0.651. The average molecular weight is 315 g/mol. The summed E-state index contributed by atoms with van der Waals surface area (Å²) in [6.45, 7) is 0.801. The molecular formula is C16H15ClN4O. The number of aromatic amines is 1. The lowest BCUT2D eigenvalue weighted by Gasteiger charge is -2.03. The summed E-state index contributed by atoms with van der Waals surface area (Å²) >= 11 is 6.11. The molecule has 6 heteroatoms. The molecule has 0 saturated carbocycles. The van der Waals surface area contributed by atoms with Gasteiger partial charge in [0.15, 0.2) is 0 Å². The van der Waals surface area contributed by atoms with Crippen molar-refractivity contribution in [1.29, 1.82) is 0 Å². The maximum atomic E-state index is 11.9. The highest BCUT2D eigenvalue weighted by atomic mass is 35.5. The molecule has 0 bridgehead atoms. The van der Waals surface area contributed by atoms with Crippen LogP contribution in [0.15, 0.2) is 59.4 Å². The van der Waals surface area contributed by atoms with E-state index < -0.39 is 0 Å². The van der Waals surface area contributed by atoms with Crippen LogP contribution < -0.4 is 11.0 Å². The van der Waals surface area contributed by atoms with Crippen LogP contribution in [0.5, 0.6) is 0 Å².